The summed E-state index contributed by atoms with van der Waals surface area (Å²) in [7, 11) is 0. The van der Waals surface area contributed by atoms with Crippen LogP contribution in [0.2, 0.25) is 0 Å². The fraction of sp³-hybridized carbons (Fsp3) is 0.360. The van der Waals surface area contributed by atoms with Crippen LogP contribution in [0.25, 0.3) is 22.7 Å². The van der Waals surface area contributed by atoms with Gasteiger partial charge in [-0.05, 0) is 68.9 Å². The fourth-order valence-corrected chi connectivity index (χ4v) is 4.24. The van der Waals surface area contributed by atoms with E-state index in [1.165, 1.54) is 24.3 Å². The van der Waals surface area contributed by atoms with Gasteiger partial charge >= 0.3 is 0 Å². The minimum atomic E-state index is -1.41. The van der Waals surface area contributed by atoms with Crippen molar-refractivity contribution in [2.24, 2.45) is 11.8 Å². The summed E-state index contributed by atoms with van der Waals surface area (Å²) >= 11 is 0. The second kappa shape index (κ2) is 9.59. The zero-order valence-electron chi connectivity index (χ0n) is 17.0. The number of benzene rings is 2. The lowest BCUT2D eigenvalue weighted by Crippen LogP contribution is -2.15. The smallest absolute Gasteiger partial charge is 0.170 e. The van der Waals surface area contributed by atoms with E-state index in [0.29, 0.717) is 18.8 Å². The molecule has 1 fully saturated rings. The van der Waals surface area contributed by atoms with Crippen molar-refractivity contribution in [1.29, 1.82) is 0 Å². The average molecular weight is 420 g/mol. The van der Waals surface area contributed by atoms with E-state index in [9.17, 15) is 22.0 Å². The second-order valence-corrected chi connectivity index (χ2v) is 7.86. The molecule has 5 heteroatoms. The third kappa shape index (κ3) is 4.35. The number of allylic oxidation sites excluding steroid dienone is 3. The van der Waals surface area contributed by atoms with Crippen LogP contribution >= 0.6 is 0 Å². The van der Waals surface area contributed by atoms with Crippen molar-refractivity contribution in [3.8, 4) is 0 Å². The molecule has 0 aromatic heterocycles. The Hall–Kier alpha value is -2.43. The summed E-state index contributed by atoms with van der Waals surface area (Å²) in [4.78, 5) is 0. The molecule has 0 saturated heterocycles. The minimum absolute atomic E-state index is 0.0370. The van der Waals surface area contributed by atoms with Gasteiger partial charge in [-0.1, -0.05) is 24.3 Å². The van der Waals surface area contributed by atoms with Crippen molar-refractivity contribution >= 4 is 22.7 Å². The maximum absolute atomic E-state index is 14.9. The summed E-state index contributed by atoms with van der Waals surface area (Å²) in [5.74, 6) is -6.43. The molecule has 0 N–H and O–H groups in total. The first-order valence-corrected chi connectivity index (χ1v) is 10.3. The van der Waals surface area contributed by atoms with Crippen molar-refractivity contribution in [3.63, 3.8) is 0 Å². The number of halogens is 5. The van der Waals surface area contributed by atoms with Crippen LogP contribution in [0.1, 0.15) is 56.6 Å². The molecule has 0 amide bonds. The van der Waals surface area contributed by atoms with Gasteiger partial charge < -0.3 is 0 Å². The molecular weight excluding hydrogens is 395 g/mol. The predicted octanol–water partition coefficient (Wildman–Crippen LogP) is 8.67. The lowest BCUT2D eigenvalue weighted by Gasteiger charge is -2.27. The van der Waals surface area contributed by atoms with Gasteiger partial charge in [0.15, 0.2) is 17.5 Å². The van der Waals surface area contributed by atoms with E-state index >= 15 is 0 Å². The molecular formula is C25H25F5. The standard InChI is InChI=1S/C25H25F5/c1-3-5-7-15-8-10-16(11-9-15)21(26)24(29)19-13-12-17-14-18(6-4-2)22(27)25(30)20(17)23(19)28/h3-4,6,12-16H,1,5,7-11H2,2H3/b6-4+,24-21?. The molecule has 2 aromatic carbocycles. The van der Waals surface area contributed by atoms with E-state index in [0.717, 1.165) is 31.7 Å². The highest BCUT2D eigenvalue weighted by Crippen LogP contribution is 2.40. The number of hydrogen-bond donors (Lipinski definition) is 0. The number of rotatable bonds is 6. The van der Waals surface area contributed by atoms with Crippen LogP contribution < -0.4 is 0 Å². The Balaban J connectivity index is 1.94. The molecule has 30 heavy (non-hydrogen) atoms. The summed E-state index contributed by atoms with van der Waals surface area (Å²) < 4.78 is 73.3. The van der Waals surface area contributed by atoms with Gasteiger partial charge in [-0.2, -0.15) is 0 Å². The molecule has 0 aliphatic heterocycles. The van der Waals surface area contributed by atoms with E-state index in [4.69, 9.17) is 0 Å². The Kier molecular flexibility index (Phi) is 7.11. The highest BCUT2D eigenvalue weighted by molar-refractivity contribution is 5.89. The maximum atomic E-state index is 14.9. The zero-order chi connectivity index (χ0) is 21.8. The topological polar surface area (TPSA) is 0 Å². The Morgan fingerprint density at radius 2 is 1.73 bits per heavy atom. The first kappa shape index (κ1) is 22.3. The van der Waals surface area contributed by atoms with Crippen molar-refractivity contribution in [1.82, 2.24) is 0 Å². The highest BCUT2D eigenvalue weighted by atomic mass is 19.2. The monoisotopic (exact) mass is 420 g/mol. The third-order valence-corrected chi connectivity index (χ3v) is 5.93. The molecule has 1 aliphatic rings. The van der Waals surface area contributed by atoms with E-state index in [2.05, 4.69) is 6.58 Å². The molecule has 1 aliphatic carbocycles. The summed E-state index contributed by atoms with van der Waals surface area (Å²) in [5, 5.41) is -0.589. The number of hydrogen-bond acceptors (Lipinski definition) is 0. The van der Waals surface area contributed by atoms with Crippen LogP contribution in [0.15, 0.2) is 42.8 Å². The largest absolute Gasteiger partial charge is 0.208 e. The number of fused-ring (bicyclic) bond motifs is 1. The van der Waals surface area contributed by atoms with Gasteiger partial charge in [0.05, 0.1) is 5.39 Å². The average Bonchev–Trinajstić information content (AvgIpc) is 2.75. The second-order valence-electron chi connectivity index (χ2n) is 7.86. The lowest BCUT2D eigenvalue weighted by molar-refractivity contribution is 0.263. The Labute approximate surface area is 173 Å². The van der Waals surface area contributed by atoms with E-state index in [1.807, 2.05) is 6.08 Å². The molecule has 0 unspecified atom stereocenters. The minimum Gasteiger partial charge on any atom is -0.208 e. The van der Waals surface area contributed by atoms with Crippen LogP contribution in [-0.2, 0) is 0 Å². The van der Waals surface area contributed by atoms with Gasteiger partial charge in [0, 0.05) is 17.0 Å². The summed E-state index contributed by atoms with van der Waals surface area (Å²) in [6.45, 7) is 5.33. The first-order chi connectivity index (χ1) is 14.4. The normalized spacial score (nSPS) is 20.6. The van der Waals surface area contributed by atoms with Crippen LogP contribution in [0.3, 0.4) is 0 Å². The lowest BCUT2D eigenvalue weighted by atomic mass is 9.79. The molecule has 0 heterocycles. The molecule has 0 bridgehead atoms. The summed E-state index contributed by atoms with van der Waals surface area (Å²) in [6.07, 6.45) is 9.09. The van der Waals surface area contributed by atoms with Crippen molar-refractivity contribution in [3.05, 3.63) is 71.3 Å². The summed E-state index contributed by atoms with van der Waals surface area (Å²) in [5.41, 5.74) is -0.712. The van der Waals surface area contributed by atoms with Gasteiger partial charge in [-0.3, -0.25) is 0 Å². The van der Waals surface area contributed by atoms with Crippen LogP contribution in [0.5, 0.6) is 0 Å². The zero-order valence-corrected chi connectivity index (χ0v) is 17.0. The fourth-order valence-electron chi connectivity index (χ4n) is 4.24. The molecule has 3 rings (SSSR count). The molecule has 0 atom stereocenters. The van der Waals surface area contributed by atoms with Gasteiger partial charge in [-0.15, -0.1) is 6.58 Å². The van der Waals surface area contributed by atoms with Crippen LogP contribution in [-0.4, -0.2) is 0 Å². The first-order valence-electron chi connectivity index (χ1n) is 10.3. The predicted molar refractivity (Wildman–Crippen MR) is 113 cm³/mol. The van der Waals surface area contributed by atoms with Crippen molar-refractivity contribution in [2.75, 3.05) is 0 Å². The Morgan fingerprint density at radius 1 is 1.03 bits per heavy atom. The van der Waals surface area contributed by atoms with Crippen molar-refractivity contribution < 1.29 is 22.0 Å². The van der Waals surface area contributed by atoms with E-state index in [-0.39, 0.29) is 10.9 Å². The Bertz CT molecular complexity index is 995. The molecule has 0 radical (unpaired) electrons. The van der Waals surface area contributed by atoms with Crippen molar-refractivity contribution in [2.45, 2.75) is 45.4 Å². The Morgan fingerprint density at radius 3 is 2.37 bits per heavy atom. The molecule has 0 spiro atoms. The van der Waals surface area contributed by atoms with E-state index in [1.54, 1.807) is 6.92 Å². The quantitative estimate of drug-likeness (QED) is 0.324. The molecule has 0 nitrogen and oxygen atoms in total. The highest BCUT2D eigenvalue weighted by Gasteiger charge is 2.28. The van der Waals surface area contributed by atoms with Crippen LogP contribution in [0.4, 0.5) is 22.0 Å². The molecule has 2 aromatic rings. The van der Waals surface area contributed by atoms with Gasteiger partial charge in [0.2, 0.25) is 0 Å². The molecule has 1 saturated carbocycles. The SMILES string of the molecule is C=CCCC1CCC(C(F)=C(F)c2ccc3cc(/C=C/C)c(F)c(F)c3c2F)CC1. The van der Waals surface area contributed by atoms with Gasteiger partial charge in [0.25, 0.3) is 0 Å². The van der Waals surface area contributed by atoms with E-state index < -0.39 is 46.0 Å². The molecule has 160 valence electrons. The van der Waals surface area contributed by atoms with Gasteiger partial charge in [0.1, 0.15) is 11.6 Å². The van der Waals surface area contributed by atoms with Crippen LogP contribution in [0, 0.1) is 29.3 Å². The van der Waals surface area contributed by atoms with Gasteiger partial charge in [-0.25, -0.2) is 22.0 Å². The third-order valence-electron chi connectivity index (χ3n) is 5.93. The maximum Gasteiger partial charge on any atom is 0.170 e. The summed E-state index contributed by atoms with van der Waals surface area (Å²) in [6, 6.07) is 3.64.